The summed E-state index contributed by atoms with van der Waals surface area (Å²) in [5.41, 5.74) is 5.11. The number of Topliss-reactive ketones (excluding diaryl/α,β-unsaturated/α-hetero) is 1. The lowest BCUT2D eigenvalue weighted by Gasteiger charge is -2.09. The number of halogens is 2. The van der Waals surface area contributed by atoms with Gasteiger partial charge in [-0.05, 0) is 49.2 Å². The minimum atomic E-state index is -0.112. The van der Waals surface area contributed by atoms with Crippen molar-refractivity contribution in [2.24, 2.45) is 0 Å². The average Bonchev–Trinajstić information content (AvgIpc) is 2.86. The van der Waals surface area contributed by atoms with Crippen LogP contribution in [-0.2, 0) is 6.42 Å². The molecule has 5 heteroatoms. The summed E-state index contributed by atoms with van der Waals surface area (Å²) in [4.78, 5) is 16.8. The Kier molecular flexibility index (Phi) is 4.42. The first-order valence-electron chi connectivity index (χ1n) is 7.41. The van der Waals surface area contributed by atoms with Crippen molar-refractivity contribution >= 4 is 40.0 Å². The van der Waals surface area contributed by atoms with Crippen LogP contribution in [0.15, 0.2) is 36.5 Å². The Labute approximate surface area is 144 Å². The first-order valence-corrected chi connectivity index (χ1v) is 8.33. The molecule has 0 fully saturated rings. The third kappa shape index (κ3) is 2.75. The highest BCUT2D eigenvalue weighted by Gasteiger charge is 2.21. The smallest absolute Gasteiger partial charge is 0.181 e. The predicted molar refractivity (Wildman–Crippen MR) is 95.2 cm³/mol. The quantitative estimate of drug-likeness (QED) is 0.493. The van der Waals surface area contributed by atoms with Gasteiger partial charge in [0.15, 0.2) is 5.78 Å². The zero-order chi connectivity index (χ0) is 16.6. The Balaban J connectivity index is 2.37. The number of nitrogens with zero attached hydrogens (tertiary/aromatic N) is 2. The van der Waals surface area contributed by atoms with E-state index < -0.39 is 0 Å². The largest absolute Gasteiger partial charge is 0.312 e. The van der Waals surface area contributed by atoms with Crippen molar-refractivity contribution in [2.45, 2.75) is 20.3 Å². The third-order valence-corrected chi connectivity index (χ3v) is 4.49. The van der Waals surface area contributed by atoms with Crippen LogP contribution in [-0.4, -0.2) is 21.2 Å². The maximum absolute atomic E-state index is 12.3. The lowest BCUT2D eigenvalue weighted by atomic mass is 10.1. The molecule has 0 spiro atoms. The summed E-state index contributed by atoms with van der Waals surface area (Å²) in [6, 6.07) is 9.62. The van der Waals surface area contributed by atoms with Crippen molar-refractivity contribution in [1.29, 1.82) is 0 Å². The van der Waals surface area contributed by atoms with Crippen LogP contribution in [0, 0.1) is 6.92 Å². The first-order chi connectivity index (χ1) is 11.1. The van der Waals surface area contributed by atoms with E-state index in [1.54, 1.807) is 0 Å². The van der Waals surface area contributed by atoms with Crippen LogP contribution in [0.5, 0.6) is 0 Å². The van der Waals surface area contributed by atoms with Gasteiger partial charge in [-0.25, -0.2) is 0 Å². The number of pyridine rings is 1. The predicted octanol–water partition coefficient (Wildman–Crippen LogP) is 4.97. The molecule has 0 radical (unpaired) electrons. The first kappa shape index (κ1) is 16.0. The maximum atomic E-state index is 12.3. The van der Waals surface area contributed by atoms with Gasteiger partial charge in [-0.15, -0.1) is 11.6 Å². The summed E-state index contributed by atoms with van der Waals surface area (Å²) in [7, 11) is 0. The van der Waals surface area contributed by atoms with Crippen molar-refractivity contribution in [3.8, 4) is 5.69 Å². The number of fused-ring (bicyclic) bond motifs is 1. The molecule has 2 aromatic heterocycles. The van der Waals surface area contributed by atoms with E-state index in [0.29, 0.717) is 16.1 Å². The number of benzene rings is 1. The van der Waals surface area contributed by atoms with E-state index in [-0.39, 0.29) is 11.7 Å². The summed E-state index contributed by atoms with van der Waals surface area (Å²) in [5.74, 6) is -0.170. The van der Waals surface area contributed by atoms with Crippen molar-refractivity contribution in [3.63, 3.8) is 0 Å². The summed E-state index contributed by atoms with van der Waals surface area (Å²) < 4.78 is 2.04. The fourth-order valence-electron chi connectivity index (χ4n) is 2.84. The van der Waals surface area contributed by atoms with Crippen LogP contribution in [0.4, 0.5) is 0 Å². The molecule has 0 aliphatic rings. The molecule has 0 aliphatic carbocycles. The zero-order valence-electron chi connectivity index (χ0n) is 12.9. The van der Waals surface area contributed by atoms with Crippen molar-refractivity contribution in [3.05, 3.63) is 58.4 Å². The SMILES string of the molecule is CCc1cnc2c(C(=O)CCl)c(C)n(-c3ccc(Cl)cc3)c2c1. The monoisotopic (exact) mass is 346 g/mol. The van der Waals surface area contributed by atoms with E-state index in [1.165, 1.54) is 0 Å². The molecule has 0 unspecified atom stereocenters. The normalized spacial score (nSPS) is 11.1. The molecule has 3 aromatic rings. The molecule has 0 atom stereocenters. The molecule has 3 nitrogen and oxygen atoms in total. The molecule has 23 heavy (non-hydrogen) atoms. The van der Waals surface area contributed by atoms with E-state index in [2.05, 4.69) is 18.0 Å². The van der Waals surface area contributed by atoms with Gasteiger partial charge in [-0.1, -0.05) is 18.5 Å². The number of aromatic nitrogens is 2. The lowest BCUT2D eigenvalue weighted by molar-refractivity contribution is 0.102. The maximum Gasteiger partial charge on any atom is 0.181 e. The van der Waals surface area contributed by atoms with Crippen molar-refractivity contribution in [2.75, 3.05) is 5.88 Å². The number of alkyl halides is 1. The van der Waals surface area contributed by atoms with Gasteiger partial charge >= 0.3 is 0 Å². The molecule has 1 aromatic carbocycles. The minimum absolute atomic E-state index is 0.0578. The van der Waals surface area contributed by atoms with Crippen LogP contribution in [0.3, 0.4) is 0 Å². The molecule has 0 bridgehead atoms. The van der Waals surface area contributed by atoms with Gasteiger partial charge in [0.2, 0.25) is 0 Å². The van der Waals surface area contributed by atoms with Crippen LogP contribution in [0.2, 0.25) is 5.02 Å². The second-order valence-corrected chi connectivity index (χ2v) is 6.10. The summed E-state index contributed by atoms with van der Waals surface area (Å²) in [6.07, 6.45) is 2.70. The van der Waals surface area contributed by atoms with Gasteiger partial charge in [0.1, 0.15) is 0 Å². The molecule has 0 aliphatic heterocycles. The minimum Gasteiger partial charge on any atom is -0.312 e. The number of rotatable bonds is 4. The Morgan fingerprint density at radius 1 is 1.26 bits per heavy atom. The van der Waals surface area contributed by atoms with Crippen LogP contribution < -0.4 is 0 Å². The van der Waals surface area contributed by atoms with E-state index in [0.717, 1.165) is 28.9 Å². The topological polar surface area (TPSA) is 34.9 Å². The summed E-state index contributed by atoms with van der Waals surface area (Å²) in [5, 5.41) is 0.673. The Hall–Kier alpha value is -1.84. The fourth-order valence-corrected chi connectivity index (χ4v) is 3.10. The number of ketones is 1. The number of hydrogen-bond acceptors (Lipinski definition) is 2. The van der Waals surface area contributed by atoms with Gasteiger partial charge in [0, 0.05) is 22.6 Å². The molecular weight excluding hydrogens is 331 g/mol. The zero-order valence-corrected chi connectivity index (χ0v) is 14.4. The second kappa shape index (κ2) is 6.34. The number of hydrogen-bond donors (Lipinski definition) is 0. The molecule has 0 amide bonds. The van der Waals surface area contributed by atoms with Gasteiger partial charge in [0.05, 0.1) is 22.5 Å². The number of carbonyl (C=O) groups is 1. The van der Waals surface area contributed by atoms with Gasteiger partial charge in [-0.3, -0.25) is 9.78 Å². The second-order valence-electron chi connectivity index (χ2n) is 5.39. The van der Waals surface area contributed by atoms with Crippen LogP contribution in [0.1, 0.15) is 28.5 Å². The van der Waals surface area contributed by atoms with E-state index in [4.69, 9.17) is 23.2 Å². The molecule has 0 saturated carbocycles. The summed E-state index contributed by atoms with van der Waals surface area (Å²) >= 11 is 11.8. The number of carbonyl (C=O) groups excluding carboxylic acids is 1. The molecule has 3 rings (SSSR count). The fraction of sp³-hybridized carbons (Fsp3) is 0.222. The van der Waals surface area contributed by atoms with E-state index >= 15 is 0 Å². The Bertz CT molecular complexity index is 882. The van der Waals surface area contributed by atoms with E-state index in [1.807, 2.05) is 42.0 Å². The van der Waals surface area contributed by atoms with E-state index in [9.17, 15) is 4.79 Å². The van der Waals surface area contributed by atoms with Gasteiger partial charge < -0.3 is 4.57 Å². The third-order valence-electron chi connectivity index (χ3n) is 3.99. The van der Waals surface area contributed by atoms with Crippen LogP contribution in [0.25, 0.3) is 16.7 Å². The Morgan fingerprint density at radius 3 is 2.57 bits per heavy atom. The molecule has 0 saturated heterocycles. The highest BCUT2D eigenvalue weighted by Crippen LogP contribution is 2.29. The highest BCUT2D eigenvalue weighted by atomic mass is 35.5. The Morgan fingerprint density at radius 2 is 1.96 bits per heavy atom. The van der Waals surface area contributed by atoms with Crippen LogP contribution >= 0.6 is 23.2 Å². The molecule has 2 heterocycles. The van der Waals surface area contributed by atoms with Crippen molar-refractivity contribution in [1.82, 2.24) is 9.55 Å². The van der Waals surface area contributed by atoms with Gasteiger partial charge in [0.25, 0.3) is 0 Å². The van der Waals surface area contributed by atoms with Gasteiger partial charge in [-0.2, -0.15) is 0 Å². The standard InChI is InChI=1S/C18H16Cl2N2O/c1-3-12-8-15-18(21-10-12)17(16(23)9-19)11(2)22(15)14-6-4-13(20)5-7-14/h4-8,10H,3,9H2,1-2H3. The lowest BCUT2D eigenvalue weighted by Crippen LogP contribution is -2.04. The van der Waals surface area contributed by atoms with Crippen molar-refractivity contribution < 1.29 is 4.79 Å². The summed E-state index contributed by atoms with van der Waals surface area (Å²) in [6.45, 7) is 4.00. The highest BCUT2D eigenvalue weighted by molar-refractivity contribution is 6.32. The number of aryl methyl sites for hydroxylation is 1. The molecular formula is C18H16Cl2N2O. The molecule has 0 N–H and O–H groups in total. The average molecular weight is 347 g/mol. The molecule has 118 valence electrons.